The standard InChI is InChI=1S/C22H18N2OS/c25-22(21-15-17-7-1-2-10-20(17)26-21)24-19-9-5-6-16(14-19)11-12-18-8-3-4-13-23-18/h3-6,8-9,13-15H,1-2,7,10H2,(H,24,25). The lowest BCUT2D eigenvalue weighted by molar-refractivity contribution is 0.103. The Balaban J connectivity index is 1.49. The van der Waals surface area contributed by atoms with Crippen LogP contribution in [0.5, 0.6) is 0 Å². The van der Waals surface area contributed by atoms with Crippen molar-refractivity contribution in [2.45, 2.75) is 25.7 Å². The summed E-state index contributed by atoms with van der Waals surface area (Å²) in [5, 5.41) is 2.99. The highest BCUT2D eigenvalue weighted by molar-refractivity contribution is 7.14. The molecule has 3 nitrogen and oxygen atoms in total. The molecule has 0 spiro atoms. The van der Waals surface area contributed by atoms with Crippen LogP contribution >= 0.6 is 11.3 Å². The maximum absolute atomic E-state index is 12.6. The fourth-order valence-corrected chi connectivity index (χ4v) is 4.19. The fraction of sp³-hybridized carbons (Fsp3) is 0.182. The van der Waals surface area contributed by atoms with Crippen molar-refractivity contribution in [2.75, 3.05) is 5.32 Å². The molecule has 0 atom stereocenters. The van der Waals surface area contributed by atoms with Crippen LogP contribution in [0.25, 0.3) is 0 Å². The molecule has 3 aromatic rings. The first kappa shape index (κ1) is 16.6. The lowest BCUT2D eigenvalue weighted by Crippen LogP contribution is -2.10. The number of nitrogens with zero attached hydrogens (tertiary/aromatic N) is 1. The normalized spacial score (nSPS) is 12.6. The number of anilines is 1. The summed E-state index contributed by atoms with van der Waals surface area (Å²) in [5.41, 5.74) is 3.68. The van der Waals surface area contributed by atoms with Crippen LogP contribution in [0.4, 0.5) is 5.69 Å². The number of nitrogens with one attached hydrogen (secondary N) is 1. The number of rotatable bonds is 2. The van der Waals surface area contributed by atoms with Crippen LogP contribution in [-0.4, -0.2) is 10.9 Å². The topological polar surface area (TPSA) is 42.0 Å². The molecule has 0 bridgehead atoms. The van der Waals surface area contributed by atoms with E-state index in [4.69, 9.17) is 0 Å². The molecular formula is C22H18N2OS. The van der Waals surface area contributed by atoms with Crippen molar-refractivity contribution in [1.29, 1.82) is 0 Å². The van der Waals surface area contributed by atoms with Crippen molar-refractivity contribution >= 4 is 22.9 Å². The van der Waals surface area contributed by atoms with Gasteiger partial charge < -0.3 is 5.32 Å². The highest BCUT2D eigenvalue weighted by atomic mass is 32.1. The van der Waals surface area contributed by atoms with Crippen molar-refractivity contribution in [3.63, 3.8) is 0 Å². The molecule has 0 aliphatic heterocycles. The van der Waals surface area contributed by atoms with E-state index < -0.39 is 0 Å². The largest absolute Gasteiger partial charge is 0.321 e. The third kappa shape index (κ3) is 3.84. The summed E-state index contributed by atoms with van der Waals surface area (Å²) in [6, 6.07) is 15.3. The Morgan fingerprint density at radius 3 is 2.81 bits per heavy atom. The van der Waals surface area contributed by atoms with Crippen molar-refractivity contribution in [3.8, 4) is 11.8 Å². The van der Waals surface area contributed by atoms with E-state index in [2.05, 4.69) is 28.2 Å². The van der Waals surface area contributed by atoms with Crippen LogP contribution < -0.4 is 5.32 Å². The van der Waals surface area contributed by atoms with Gasteiger partial charge in [-0.05, 0) is 73.6 Å². The second kappa shape index (κ2) is 7.55. The smallest absolute Gasteiger partial charge is 0.265 e. The Labute approximate surface area is 157 Å². The van der Waals surface area contributed by atoms with E-state index in [0.29, 0.717) is 0 Å². The Hall–Kier alpha value is -2.90. The van der Waals surface area contributed by atoms with Gasteiger partial charge in [0.25, 0.3) is 5.91 Å². The van der Waals surface area contributed by atoms with Crippen LogP contribution in [0.3, 0.4) is 0 Å². The van der Waals surface area contributed by atoms with Crippen molar-refractivity contribution < 1.29 is 4.79 Å². The third-order valence-electron chi connectivity index (χ3n) is 4.34. The van der Waals surface area contributed by atoms with Gasteiger partial charge in [-0.25, -0.2) is 4.98 Å². The maximum Gasteiger partial charge on any atom is 0.265 e. The number of hydrogen-bond donors (Lipinski definition) is 1. The van der Waals surface area contributed by atoms with E-state index in [-0.39, 0.29) is 5.91 Å². The number of fused-ring (bicyclic) bond motifs is 1. The molecule has 128 valence electrons. The molecule has 26 heavy (non-hydrogen) atoms. The van der Waals surface area contributed by atoms with Gasteiger partial charge in [0.1, 0.15) is 5.69 Å². The van der Waals surface area contributed by atoms with Gasteiger partial charge in [0.05, 0.1) is 4.88 Å². The van der Waals surface area contributed by atoms with E-state index >= 15 is 0 Å². The number of carbonyl (C=O) groups excluding carboxylic acids is 1. The average molecular weight is 358 g/mol. The van der Waals surface area contributed by atoms with Crippen molar-refractivity contribution in [2.24, 2.45) is 0 Å². The van der Waals surface area contributed by atoms with Crippen molar-refractivity contribution in [3.05, 3.63) is 81.3 Å². The number of pyridine rings is 1. The van der Waals surface area contributed by atoms with E-state index in [1.807, 2.05) is 42.5 Å². The number of amides is 1. The quantitative estimate of drug-likeness (QED) is 0.676. The van der Waals surface area contributed by atoms with Crippen LogP contribution in [-0.2, 0) is 12.8 Å². The van der Waals surface area contributed by atoms with Crippen LogP contribution in [0.15, 0.2) is 54.7 Å². The molecule has 2 aromatic heterocycles. The van der Waals surface area contributed by atoms with Gasteiger partial charge >= 0.3 is 0 Å². The molecule has 0 fully saturated rings. The first-order valence-corrected chi connectivity index (χ1v) is 9.56. The van der Waals surface area contributed by atoms with Gasteiger partial charge in [-0.3, -0.25) is 4.79 Å². The SMILES string of the molecule is O=C(Nc1cccc(C#Cc2ccccn2)c1)c1cc2c(s1)CCCC2. The molecule has 1 amide bonds. The number of aryl methyl sites for hydroxylation is 2. The van der Waals surface area contributed by atoms with E-state index in [9.17, 15) is 4.79 Å². The molecule has 1 aliphatic rings. The third-order valence-corrected chi connectivity index (χ3v) is 5.58. The monoisotopic (exact) mass is 358 g/mol. The highest BCUT2D eigenvalue weighted by Gasteiger charge is 2.17. The van der Waals surface area contributed by atoms with Crippen LogP contribution in [0.2, 0.25) is 0 Å². The molecule has 1 aliphatic carbocycles. The predicted molar refractivity (Wildman–Crippen MR) is 106 cm³/mol. The molecule has 4 heteroatoms. The van der Waals surface area contributed by atoms with Gasteiger partial charge in [0.2, 0.25) is 0 Å². The highest BCUT2D eigenvalue weighted by Crippen LogP contribution is 2.30. The molecular weight excluding hydrogens is 340 g/mol. The first-order chi connectivity index (χ1) is 12.8. The number of carbonyl (C=O) groups is 1. The second-order valence-electron chi connectivity index (χ2n) is 6.27. The maximum atomic E-state index is 12.6. The van der Waals surface area contributed by atoms with Gasteiger partial charge in [-0.1, -0.05) is 18.1 Å². The van der Waals surface area contributed by atoms with Gasteiger partial charge in [0.15, 0.2) is 0 Å². The number of benzene rings is 1. The fourth-order valence-electron chi connectivity index (χ4n) is 3.04. The number of aromatic nitrogens is 1. The van der Waals surface area contributed by atoms with E-state index in [1.54, 1.807) is 17.5 Å². The molecule has 0 radical (unpaired) electrons. The summed E-state index contributed by atoms with van der Waals surface area (Å²) in [7, 11) is 0. The zero-order valence-corrected chi connectivity index (χ0v) is 15.1. The summed E-state index contributed by atoms with van der Waals surface area (Å²) in [6.07, 6.45) is 6.37. The lowest BCUT2D eigenvalue weighted by Gasteiger charge is -2.08. The van der Waals surface area contributed by atoms with Gasteiger partial charge in [0, 0.05) is 22.3 Å². The number of hydrogen-bond acceptors (Lipinski definition) is 3. The Morgan fingerprint density at radius 1 is 1.04 bits per heavy atom. The molecule has 2 heterocycles. The average Bonchev–Trinajstić information content (AvgIpc) is 3.12. The minimum atomic E-state index is -0.0424. The summed E-state index contributed by atoms with van der Waals surface area (Å²) < 4.78 is 0. The van der Waals surface area contributed by atoms with E-state index in [0.717, 1.165) is 34.7 Å². The zero-order valence-electron chi connectivity index (χ0n) is 14.3. The second-order valence-corrected chi connectivity index (χ2v) is 7.40. The summed E-state index contributed by atoms with van der Waals surface area (Å²) >= 11 is 1.63. The summed E-state index contributed by atoms with van der Waals surface area (Å²) in [5.74, 6) is 6.08. The predicted octanol–water partition coefficient (Wildman–Crippen LogP) is 4.67. The minimum absolute atomic E-state index is 0.0424. The molecule has 0 unspecified atom stereocenters. The van der Waals surface area contributed by atoms with Crippen LogP contribution in [0.1, 0.15) is 44.2 Å². The molecule has 0 saturated carbocycles. The van der Waals surface area contributed by atoms with Gasteiger partial charge in [-0.15, -0.1) is 11.3 Å². The first-order valence-electron chi connectivity index (χ1n) is 8.74. The zero-order chi connectivity index (χ0) is 17.8. The summed E-state index contributed by atoms with van der Waals surface area (Å²) in [4.78, 5) is 18.9. The Morgan fingerprint density at radius 2 is 1.96 bits per heavy atom. The molecule has 1 aromatic carbocycles. The Bertz CT molecular complexity index is 972. The van der Waals surface area contributed by atoms with Gasteiger partial charge in [-0.2, -0.15) is 0 Å². The summed E-state index contributed by atoms with van der Waals surface area (Å²) in [6.45, 7) is 0. The Kier molecular flexibility index (Phi) is 4.81. The molecule has 0 saturated heterocycles. The van der Waals surface area contributed by atoms with Crippen LogP contribution in [0, 0.1) is 11.8 Å². The van der Waals surface area contributed by atoms with E-state index in [1.165, 1.54) is 23.3 Å². The lowest BCUT2D eigenvalue weighted by atomic mass is 9.99. The molecule has 1 N–H and O–H groups in total. The number of thiophene rings is 1. The molecule has 4 rings (SSSR count). The van der Waals surface area contributed by atoms with Crippen molar-refractivity contribution in [1.82, 2.24) is 4.98 Å². The minimum Gasteiger partial charge on any atom is -0.321 e.